The van der Waals surface area contributed by atoms with Gasteiger partial charge in [-0.15, -0.1) is 10.2 Å². The highest BCUT2D eigenvalue weighted by molar-refractivity contribution is 7.99. The molecule has 0 amide bonds. The van der Waals surface area contributed by atoms with E-state index in [1.165, 1.54) is 0 Å². The van der Waals surface area contributed by atoms with Gasteiger partial charge in [0, 0.05) is 11.9 Å². The van der Waals surface area contributed by atoms with Crippen LogP contribution in [0.4, 0.5) is 0 Å². The minimum atomic E-state index is -0.606. The standard InChI is InChI=1S/C12H17N3OS/c1-3-12(16,4-2)9-17-11-14-13-10-7-5-6-8-15(10)11/h5-8,16H,3-4,9H2,1-2H3. The summed E-state index contributed by atoms with van der Waals surface area (Å²) in [5.41, 5.74) is 0.234. The van der Waals surface area contributed by atoms with E-state index in [-0.39, 0.29) is 0 Å². The molecule has 2 heterocycles. The molecule has 2 rings (SSSR count). The molecule has 0 bridgehead atoms. The molecule has 92 valence electrons. The highest BCUT2D eigenvalue weighted by Gasteiger charge is 2.23. The first kappa shape index (κ1) is 12.4. The van der Waals surface area contributed by atoms with Crippen LogP contribution in [0.3, 0.4) is 0 Å². The fourth-order valence-corrected chi connectivity index (χ4v) is 2.77. The van der Waals surface area contributed by atoms with E-state index in [1.807, 2.05) is 42.6 Å². The zero-order valence-corrected chi connectivity index (χ0v) is 10.9. The third-order valence-corrected chi connectivity index (χ3v) is 4.29. The SMILES string of the molecule is CCC(O)(CC)CSc1nnc2ccccn12. The molecule has 0 aromatic carbocycles. The molecule has 4 nitrogen and oxygen atoms in total. The lowest BCUT2D eigenvalue weighted by atomic mass is 10.0. The average molecular weight is 251 g/mol. The molecule has 0 saturated heterocycles. The molecule has 2 aromatic heterocycles. The van der Waals surface area contributed by atoms with Crippen LogP contribution in [0.25, 0.3) is 5.65 Å². The van der Waals surface area contributed by atoms with Crippen molar-refractivity contribution in [3.05, 3.63) is 24.4 Å². The maximum Gasteiger partial charge on any atom is 0.195 e. The fraction of sp³-hybridized carbons (Fsp3) is 0.500. The van der Waals surface area contributed by atoms with Gasteiger partial charge in [0.1, 0.15) is 0 Å². The van der Waals surface area contributed by atoms with Gasteiger partial charge in [-0.2, -0.15) is 0 Å². The molecule has 0 unspecified atom stereocenters. The predicted molar refractivity (Wildman–Crippen MR) is 69.2 cm³/mol. The number of pyridine rings is 1. The predicted octanol–water partition coefficient (Wildman–Crippen LogP) is 2.37. The third-order valence-electron chi connectivity index (χ3n) is 3.07. The Morgan fingerprint density at radius 1 is 1.29 bits per heavy atom. The molecule has 0 saturated carbocycles. The summed E-state index contributed by atoms with van der Waals surface area (Å²) in [5.74, 6) is 0.648. The van der Waals surface area contributed by atoms with E-state index in [4.69, 9.17) is 0 Å². The van der Waals surface area contributed by atoms with Gasteiger partial charge in [-0.3, -0.25) is 4.40 Å². The van der Waals surface area contributed by atoms with Gasteiger partial charge in [-0.25, -0.2) is 0 Å². The number of thioether (sulfide) groups is 1. The lowest BCUT2D eigenvalue weighted by Crippen LogP contribution is -2.29. The van der Waals surface area contributed by atoms with E-state index in [0.717, 1.165) is 23.6 Å². The van der Waals surface area contributed by atoms with Crippen LogP contribution in [0.15, 0.2) is 29.6 Å². The van der Waals surface area contributed by atoms with Crippen LogP contribution in [0.2, 0.25) is 0 Å². The van der Waals surface area contributed by atoms with Crippen molar-refractivity contribution in [2.75, 3.05) is 5.75 Å². The van der Waals surface area contributed by atoms with E-state index in [2.05, 4.69) is 10.2 Å². The molecule has 0 atom stereocenters. The Bertz CT molecular complexity index is 493. The molecule has 0 aliphatic carbocycles. The van der Waals surface area contributed by atoms with Gasteiger partial charge in [-0.05, 0) is 25.0 Å². The smallest absolute Gasteiger partial charge is 0.195 e. The van der Waals surface area contributed by atoms with Gasteiger partial charge in [0.15, 0.2) is 10.8 Å². The van der Waals surface area contributed by atoms with E-state index in [9.17, 15) is 5.11 Å². The average Bonchev–Trinajstić information content (AvgIpc) is 2.79. The number of hydrogen-bond donors (Lipinski definition) is 1. The quantitative estimate of drug-likeness (QED) is 0.829. The third kappa shape index (κ3) is 2.61. The van der Waals surface area contributed by atoms with E-state index >= 15 is 0 Å². The summed E-state index contributed by atoms with van der Waals surface area (Å²) in [6.07, 6.45) is 3.45. The Morgan fingerprint density at radius 2 is 2.06 bits per heavy atom. The Morgan fingerprint density at radius 3 is 2.76 bits per heavy atom. The minimum Gasteiger partial charge on any atom is -0.389 e. The van der Waals surface area contributed by atoms with Crippen molar-refractivity contribution < 1.29 is 5.11 Å². The summed E-state index contributed by atoms with van der Waals surface area (Å²) < 4.78 is 1.94. The number of fused-ring (bicyclic) bond motifs is 1. The fourth-order valence-electron chi connectivity index (χ4n) is 1.57. The van der Waals surface area contributed by atoms with E-state index in [0.29, 0.717) is 5.75 Å². The summed E-state index contributed by atoms with van der Waals surface area (Å²) in [6, 6.07) is 5.81. The van der Waals surface area contributed by atoms with Crippen LogP contribution in [-0.2, 0) is 0 Å². The molecule has 0 radical (unpaired) electrons. The zero-order valence-electron chi connectivity index (χ0n) is 10.1. The molecule has 17 heavy (non-hydrogen) atoms. The Hall–Kier alpha value is -1.07. The lowest BCUT2D eigenvalue weighted by Gasteiger charge is -2.23. The van der Waals surface area contributed by atoms with Gasteiger partial charge in [0.05, 0.1) is 5.60 Å². The highest BCUT2D eigenvalue weighted by atomic mass is 32.2. The second-order valence-electron chi connectivity index (χ2n) is 4.13. The first-order valence-corrected chi connectivity index (χ1v) is 6.82. The summed E-state index contributed by atoms with van der Waals surface area (Å²) >= 11 is 1.55. The topological polar surface area (TPSA) is 50.4 Å². The summed E-state index contributed by atoms with van der Waals surface area (Å²) in [4.78, 5) is 0. The van der Waals surface area contributed by atoms with Crippen molar-refractivity contribution in [2.24, 2.45) is 0 Å². The second kappa shape index (κ2) is 5.06. The normalized spacial score (nSPS) is 12.2. The molecular weight excluding hydrogens is 234 g/mol. The first-order valence-electron chi connectivity index (χ1n) is 5.83. The Labute approximate surface area is 105 Å². The van der Waals surface area contributed by atoms with Crippen LogP contribution >= 0.6 is 11.8 Å². The molecular formula is C12H17N3OS. The molecule has 0 aliphatic heterocycles. The maximum atomic E-state index is 10.2. The summed E-state index contributed by atoms with van der Waals surface area (Å²) in [7, 11) is 0. The first-order chi connectivity index (χ1) is 8.18. The van der Waals surface area contributed by atoms with Crippen LogP contribution < -0.4 is 0 Å². The van der Waals surface area contributed by atoms with Crippen LogP contribution in [0.5, 0.6) is 0 Å². The molecule has 0 aliphatic rings. The van der Waals surface area contributed by atoms with Crippen molar-refractivity contribution >= 4 is 17.4 Å². The van der Waals surface area contributed by atoms with Gasteiger partial charge in [0.2, 0.25) is 0 Å². The van der Waals surface area contributed by atoms with Crippen molar-refractivity contribution in [1.29, 1.82) is 0 Å². The van der Waals surface area contributed by atoms with E-state index < -0.39 is 5.60 Å². The zero-order chi connectivity index (χ0) is 12.3. The van der Waals surface area contributed by atoms with Gasteiger partial charge >= 0.3 is 0 Å². The highest BCUT2D eigenvalue weighted by Crippen LogP contribution is 2.25. The van der Waals surface area contributed by atoms with Crippen molar-refractivity contribution in [3.63, 3.8) is 0 Å². The van der Waals surface area contributed by atoms with Crippen LogP contribution in [-0.4, -0.2) is 31.1 Å². The molecule has 0 spiro atoms. The maximum absolute atomic E-state index is 10.2. The number of nitrogens with zero attached hydrogens (tertiary/aromatic N) is 3. The monoisotopic (exact) mass is 251 g/mol. The lowest BCUT2D eigenvalue weighted by molar-refractivity contribution is 0.0571. The Kier molecular flexibility index (Phi) is 3.69. The van der Waals surface area contributed by atoms with Crippen LogP contribution in [0, 0.1) is 0 Å². The van der Waals surface area contributed by atoms with Gasteiger partial charge < -0.3 is 5.11 Å². The summed E-state index contributed by atoms with van der Waals surface area (Å²) in [5, 5.41) is 19.3. The Balaban J connectivity index is 2.14. The van der Waals surface area contributed by atoms with Gasteiger partial charge in [0.25, 0.3) is 0 Å². The largest absolute Gasteiger partial charge is 0.389 e. The van der Waals surface area contributed by atoms with Crippen molar-refractivity contribution in [2.45, 2.75) is 37.4 Å². The minimum absolute atomic E-state index is 0.606. The van der Waals surface area contributed by atoms with E-state index in [1.54, 1.807) is 11.8 Å². The van der Waals surface area contributed by atoms with Crippen LogP contribution in [0.1, 0.15) is 26.7 Å². The summed E-state index contributed by atoms with van der Waals surface area (Å²) in [6.45, 7) is 4.01. The molecule has 2 aromatic rings. The second-order valence-corrected chi connectivity index (χ2v) is 5.07. The van der Waals surface area contributed by atoms with Crippen molar-refractivity contribution in [3.8, 4) is 0 Å². The number of aliphatic hydroxyl groups is 1. The molecule has 5 heteroatoms. The number of aromatic nitrogens is 3. The number of rotatable bonds is 5. The molecule has 0 fully saturated rings. The number of hydrogen-bond acceptors (Lipinski definition) is 4. The van der Waals surface area contributed by atoms with Gasteiger partial charge in [-0.1, -0.05) is 31.7 Å². The van der Waals surface area contributed by atoms with Crippen molar-refractivity contribution in [1.82, 2.24) is 14.6 Å². The molecule has 1 N–H and O–H groups in total.